The van der Waals surface area contributed by atoms with Crippen molar-refractivity contribution >= 4 is 44.3 Å². The first-order valence-corrected chi connectivity index (χ1v) is 7.23. The molecule has 0 atom stereocenters. The van der Waals surface area contributed by atoms with Gasteiger partial charge in [-0.1, -0.05) is 22.0 Å². The summed E-state index contributed by atoms with van der Waals surface area (Å²) < 4.78 is 6.39. The summed E-state index contributed by atoms with van der Waals surface area (Å²) in [6.45, 7) is 2.01. The van der Waals surface area contributed by atoms with Crippen molar-refractivity contribution in [2.24, 2.45) is 0 Å². The van der Waals surface area contributed by atoms with Gasteiger partial charge in [0.15, 0.2) is 0 Å². The first kappa shape index (κ1) is 13.8. The summed E-state index contributed by atoms with van der Waals surface area (Å²) in [5.74, 6) is 1.38. The minimum Gasteiger partial charge on any atom is -0.495 e. The molecule has 2 aromatic carbocycles. The van der Waals surface area contributed by atoms with E-state index < -0.39 is 0 Å². The average molecular weight is 347 g/mol. The summed E-state index contributed by atoms with van der Waals surface area (Å²) >= 11 is 3.46. The minimum absolute atomic E-state index is 0.631. The van der Waals surface area contributed by atoms with Crippen molar-refractivity contribution in [2.45, 2.75) is 6.92 Å². The molecule has 0 unspecified atom stereocenters. The third kappa shape index (κ3) is 2.54. The van der Waals surface area contributed by atoms with E-state index in [0.29, 0.717) is 11.6 Å². The summed E-state index contributed by atoms with van der Waals surface area (Å²) in [7, 11) is 1.64. The van der Waals surface area contributed by atoms with E-state index in [1.165, 1.54) is 0 Å². The van der Waals surface area contributed by atoms with Crippen LogP contribution in [0.1, 0.15) is 5.56 Å². The topological polar surface area (TPSA) is 76.0 Å². The van der Waals surface area contributed by atoms with Crippen LogP contribution in [-0.4, -0.2) is 17.1 Å². The van der Waals surface area contributed by atoms with Crippen molar-refractivity contribution in [3.05, 3.63) is 40.4 Å². The Morgan fingerprint density at radius 3 is 2.86 bits per heavy atom. The number of anilines is 3. The minimum atomic E-state index is 0.631. The molecule has 21 heavy (non-hydrogen) atoms. The number of methoxy groups -OCH3 is 1. The van der Waals surface area contributed by atoms with E-state index >= 15 is 0 Å². The number of halogens is 1. The Morgan fingerprint density at radius 2 is 2.14 bits per heavy atom. The molecule has 3 aromatic rings. The molecule has 0 bridgehead atoms. The van der Waals surface area contributed by atoms with Crippen molar-refractivity contribution in [2.75, 3.05) is 18.2 Å². The number of ether oxygens (including phenoxy) is 1. The van der Waals surface area contributed by atoms with Crippen LogP contribution in [0.4, 0.5) is 17.3 Å². The van der Waals surface area contributed by atoms with Gasteiger partial charge in [-0.05, 0) is 36.8 Å². The smallest absolute Gasteiger partial charge is 0.205 e. The predicted molar refractivity (Wildman–Crippen MR) is 89.2 cm³/mol. The number of hydrogen-bond acceptors (Lipinski definition) is 4. The van der Waals surface area contributed by atoms with Gasteiger partial charge in [0.2, 0.25) is 5.95 Å². The molecule has 4 N–H and O–H groups in total. The molecule has 108 valence electrons. The molecule has 0 saturated carbocycles. The number of nitrogen functional groups attached to an aromatic ring is 1. The van der Waals surface area contributed by atoms with Crippen LogP contribution in [0.5, 0.6) is 5.75 Å². The van der Waals surface area contributed by atoms with Crippen LogP contribution in [0.15, 0.2) is 34.8 Å². The van der Waals surface area contributed by atoms with Crippen LogP contribution < -0.4 is 15.8 Å². The van der Waals surface area contributed by atoms with Gasteiger partial charge in [-0.3, -0.25) is 0 Å². The molecule has 0 aliphatic heterocycles. The Balaban J connectivity index is 2.04. The molecule has 1 aromatic heterocycles. The summed E-state index contributed by atoms with van der Waals surface area (Å²) in [4.78, 5) is 7.70. The number of rotatable bonds is 3. The molecule has 0 spiro atoms. The quantitative estimate of drug-likeness (QED) is 0.627. The monoisotopic (exact) mass is 346 g/mol. The normalized spacial score (nSPS) is 10.8. The lowest BCUT2D eigenvalue weighted by Crippen LogP contribution is -1.98. The van der Waals surface area contributed by atoms with E-state index in [0.717, 1.165) is 32.5 Å². The molecular weight excluding hydrogens is 332 g/mol. The summed E-state index contributed by atoms with van der Waals surface area (Å²) in [5.41, 5.74) is 10.2. The summed E-state index contributed by atoms with van der Waals surface area (Å²) in [5, 5.41) is 3.27. The fourth-order valence-corrected chi connectivity index (χ4v) is 2.82. The molecule has 1 heterocycles. The number of fused-ring (bicyclic) bond motifs is 1. The standard InChI is InChI=1S/C15H15BrN4O/c1-8-6-9(16)7-12(21-2)13(8)19-15-18-11-5-3-4-10(17)14(11)20-15/h3-7H,17H2,1-2H3,(H2,18,19,20). The van der Waals surface area contributed by atoms with E-state index in [9.17, 15) is 0 Å². The first-order chi connectivity index (χ1) is 10.1. The van der Waals surface area contributed by atoms with Gasteiger partial charge in [-0.25, -0.2) is 4.98 Å². The molecule has 0 saturated heterocycles. The third-order valence-electron chi connectivity index (χ3n) is 3.27. The molecule has 0 fully saturated rings. The number of imidazole rings is 1. The van der Waals surface area contributed by atoms with Gasteiger partial charge in [0.25, 0.3) is 0 Å². The van der Waals surface area contributed by atoms with E-state index in [1.807, 2.05) is 37.3 Å². The van der Waals surface area contributed by atoms with Crippen molar-refractivity contribution in [1.82, 2.24) is 9.97 Å². The highest BCUT2D eigenvalue weighted by molar-refractivity contribution is 9.10. The number of nitrogens with zero attached hydrogens (tertiary/aromatic N) is 1. The Kier molecular flexibility index (Phi) is 3.47. The molecule has 5 nitrogen and oxygen atoms in total. The van der Waals surface area contributed by atoms with Gasteiger partial charge < -0.3 is 20.8 Å². The van der Waals surface area contributed by atoms with E-state index in [2.05, 4.69) is 31.2 Å². The van der Waals surface area contributed by atoms with Crippen LogP contribution >= 0.6 is 15.9 Å². The number of nitrogens with two attached hydrogens (primary N) is 1. The maximum atomic E-state index is 5.93. The maximum Gasteiger partial charge on any atom is 0.205 e. The van der Waals surface area contributed by atoms with Crippen LogP contribution in [-0.2, 0) is 0 Å². The summed E-state index contributed by atoms with van der Waals surface area (Å²) in [6.07, 6.45) is 0. The lowest BCUT2D eigenvalue weighted by molar-refractivity contribution is 0.416. The largest absolute Gasteiger partial charge is 0.495 e. The van der Waals surface area contributed by atoms with Crippen LogP contribution in [0.25, 0.3) is 11.0 Å². The van der Waals surface area contributed by atoms with Crippen molar-refractivity contribution in [1.29, 1.82) is 0 Å². The van der Waals surface area contributed by atoms with Crippen molar-refractivity contribution in [3.63, 3.8) is 0 Å². The van der Waals surface area contributed by atoms with Gasteiger partial charge in [-0.2, -0.15) is 0 Å². The number of aryl methyl sites for hydroxylation is 1. The number of para-hydroxylation sites is 1. The highest BCUT2D eigenvalue weighted by Crippen LogP contribution is 2.34. The van der Waals surface area contributed by atoms with E-state index in [1.54, 1.807) is 7.11 Å². The molecule has 3 rings (SSSR count). The second kappa shape index (κ2) is 5.29. The molecule has 0 aliphatic rings. The lowest BCUT2D eigenvalue weighted by atomic mass is 10.2. The van der Waals surface area contributed by atoms with Gasteiger partial charge >= 0.3 is 0 Å². The first-order valence-electron chi connectivity index (χ1n) is 6.44. The maximum absolute atomic E-state index is 5.93. The summed E-state index contributed by atoms with van der Waals surface area (Å²) in [6, 6.07) is 9.59. The zero-order chi connectivity index (χ0) is 15.0. The molecular formula is C15H15BrN4O. The highest BCUT2D eigenvalue weighted by atomic mass is 79.9. The van der Waals surface area contributed by atoms with Crippen LogP contribution in [0.2, 0.25) is 0 Å². The number of nitrogens with one attached hydrogen (secondary N) is 2. The van der Waals surface area contributed by atoms with Crippen LogP contribution in [0.3, 0.4) is 0 Å². The Bertz CT molecular complexity index is 813. The van der Waals surface area contributed by atoms with Crippen molar-refractivity contribution < 1.29 is 4.74 Å². The Morgan fingerprint density at radius 1 is 1.33 bits per heavy atom. The third-order valence-corrected chi connectivity index (χ3v) is 3.73. The average Bonchev–Trinajstić information content (AvgIpc) is 2.85. The van der Waals surface area contributed by atoms with Gasteiger partial charge in [0.05, 0.1) is 24.0 Å². The lowest BCUT2D eigenvalue weighted by Gasteiger charge is -2.12. The number of H-pyrrole nitrogens is 1. The fraction of sp³-hybridized carbons (Fsp3) is 0.133. The Hall–Kier alpha value is -2.21. The molecule has 0 amide bonds. The van der Waals surface area contributed by atoms with Gasteiger partial charge in [-0.15, -0.1) is 0 Å². The number of benzene rings is 2. The predicted octanol–water partition coefficient (Wildman–Crippen LogP) is 3.97. The number of hydrogen-bond donors (Lipinski definition) is 3. The van der Waals surface area contributed by atoms with Crippen LogP contribution in [0, 0.1) is 6.92 Å². The SMILES string of the molecule is COc1cc(Br)cc(C)c1Nc1nc2c(N)cccc2[nH]1. The number of aromatic nitrogens is 2. The molecule has 0 aliphatic carbocycles. The fourth-order valence-electron chi connectivity index (χ4n) is 2.27. The van der Waals surface area contributed by atoms with Crippen molar-refractivity contribution in [3.8, 4) is 5.75 Å². The molecule has 6 heteroatoms. The van der Waals surface area contributed by atoms with E-state index in [4.69, 9.17) is 10.5 Å². The zero-order valence-corrected chi connectivity index (χ0v) is 13.3. The van der Waals surface area contributed by atoms with Gasteiger partial charge in [0, 0.05) is 4.47 Å². The Labute approximate surface area is 130 Å². The highest BCUT2D eigenvalue weighted by Gasteiger charge is 2.11. The zero-order valence-electron chi connectivity index (χ0n) is 11.7. The second-order valence-corrected chi connectivity index (χ2v) is 5.67. The van der Waals surface area contributed by atoms with Gasteiger partial charge in [0.1, 0.15) is 11.3 Å². The van der Waals surface area contributed by atoms with E-state index in [-0.39, 0.29) is 0 Å². The second-order valence-electron chi connectivity index (χ2n) is 4.75. The molecule has 0 radical (unpaired) electrons. The number of aromatic amines is 1.